The quantitative estimate of drug-likeness (QED) is 0.446. The van der Waals surface area contributed by atoms with Crippen molar-refractivity contribution in [2.45, 2.75) is 38.2 Å². The van der Waals surface area contributed by atoms with Crippen molar-refractivity contribution in [3.05, 3.63) is 53.6 Å². The number of alkyl halides is 4. The predicted molar refractivity (Wildman–Crippen MR) is 128 cm³/mol. The van der Waals surface area contributed by atoms with Crippen LogP contribution in [0.4, 0.5) is 23.2 Å². The van der Waals surface area contributed by atoms with Gasteiger partial charge in [-0.05, 0) is 61.7 Å². The topological polar surface area (TPSA) is 82.7 Å². The van der Waals surface area contributed by atoms with Crippen molar-refractivity contribution in [3.8, 4) is 22.8 Å². The molecule has 1 aromatic heterocycles. The highest BCUT2D eigenvalue weighted by atomic mass is 19.4. The number of hydrogen-bond donors (Lipinski definition) is 1. The number of aliphatic carboxylic acids is 1. The van der Waals surface area contributed by atoms with E-state index in [0.717, 1.165) is 18.2 Å². The maximum atomic E-state index is 13.9. The van der Waals surface area contributed by atoms with E-state index in [0.29, 0.717) is 25.1 Å². The molecule has 37 heavy (non-hydrogen) atoms. The zero-order valence-electron chi connectivity index (χ0n) is 19.9. The van der Waals surface area contributed by atoms with Gasteiger partial charge >= 0.3 is 12.1 Å². The van der Waals surface area contributed by atoms with Crippen LogP contribution in [0.2, 0.25) is 0 Å². The van der Waals surface area contributed by atoms with Gasteiger partial charge in [0.1, 0.15) is 6.17 Å². The number of piperidine rings is 1. The van der Waals surface area contributed by atoms with E-state index in [9.17, 15) is 22.4 Å². The Balaban J connectivity index is 1.32. The molecule has 2 saturated heterocycles. The van der Waals surface area contributed by atoms with Crippen LogP contribution >= 0.6 is 0 Å². The Bertz CT molecular complexity index is 1250. The third-order valence-electron chi connectivity index (χ3n) is 6.98. The van der Waals surface area contributed by atoms with Crippen LogP contribution in [0.25, 0.3) is 22.8 Å². The molecule has 3 aromatic rings. The maximum Gasteiger partial charge on any atom is 0.418 e. The first-order valence-electron chi connectivity index (χ1n) is 12.2. The Hall–Kier alpha value is -3.47. The van der Waals surface area contributed by atoms with E-state index in [1.807, 2.05) is 12.1 Å². The average molecular weight is 519 g/mol. The van der Waals surface area contributed by atoms with Gasteiger partial charge in [0.25, 0.3) is 5.89 Å². The van der Waals surface area contributed by atoms with Crippen molar-refractivity contribution >= 4 is 11.7 Å². The number of anilines is 1. The first-order valence-corrected chi connectivity index (χ1v) is 12.2. The van der Waals surface area contributed by atoms with Crippen LogP contribution in [-0.2, 0) is 17.5 Å². The van der Waals surface area contributed by atoms with E-state index in [-0.39, 0.29) is 54.8 Å². The number of halogens is 4. The molecule has 2 aliphatic rings. The van der Waals surface area contributed by atoms with Crippen LogP contribution < -0.4 is 4.90 Å². The second kappa shape index (κ2) is 10.1. The molecule has 1 atom stereocenters. The van der Waals surface area contributed by atoms with Gasteiger partial charge in [-0.3, -0.25) is 9.69 Å². The molecule has 0 bridgehead atoms. The molecule has 0 aliphatic carbocycles. The van der Waals surface area contributed by atoms with E-state index in [4.69, 9.17) is 9.63 Å². The van der Waals surface area contributed by atoms with Gasteiger partial charge in [-0.25, -0.2) is 4.39 Å². The average Bonchev–Trinajstić information content (AvgIpc) is 3.55. The van der Waals surface area contributed by atoms with Gasteiger partial charge in [-0.1, -0.05) is 17.3 Å². The molecule has 0 unspecified atom stereocenters. The summed E-state index contributed by atoms with van der Waals surface area (Å²) in [5.74, 6) is -0.902. The van der Waals surface area contributed by atoms with E-state index in [1.54, 1.807) is 17.0 Å². The Morgan fingerprint density at radius 1 is 1.03 bits per heavy atom. The van der Waals surface area contributed by atoms with Crippen LogP contribution in [0.3, 0.4) is 0 Å². The summed E-state index contributed by atoms with van der Waals surface area (Å²) in [5, 5.41) is 13.0. The molecule has 0 spiro atoms. The monoisotopic (exact) mass is 518 g/mol. The highest BCUT2D eigenvalue weighted by Crippen LogP contribution is 2.40. The van der Waals surface area contributed by atoms with E-state index in [2.05, 4.69) is 15.0 Å². The van der Waals surface area contributed by atoms with Gasteiger partial charge in [0.05, 0.1) is 11.5 Å². The SMILES string of the molecule is O=C(O)[C@@H]1CCN(Cc2ccc(-c3nc(-c4ccc(N5CCC(F)CC5)c(C(F)(F)F)c4)no3)cc2)C1. The highest BCUT2D eigenvalue weighted by Gasteiger charge is 2.36. The van der Waals surface area contributed by atoms with Crippen LogP contribution in [-0.4, -0.2) is 58.5 Å². The molecule has 0 saturated carbocycles. The third-order valence-corrected chi connectivity index (χ3v) is 6.98. The summed E-state index contributed by atoms with van der Waals surface area (Å²) < 4.78 is 60.5. The van der Waals surface area contributed by atoms with Crippen molar-refractivity contribution in [2.75, 3.05) is 31.1 Å². The minimum atomic E-state index is -4.60. The molecular weight excluding hydrogens is 492 g/mol. The molecule has 0 amide bonds. The highest BCUT2D eigenvalue weighted by molar-refractivity contribution is 5.70. The molecule has 1 N–H and O–H groups in total. The van der Waals surface area contributed by atoms with Gasteiger partial charge in [-0.2, -0.15) is 18.2 Å². The summed E-state index contributed by atoms with van der Waals surface area (Å²) in [4.78, 5) is 19.1. The number of aromatic nitrogens is 2. The van der Waals surface area contributed by atoms with Crippen molar-refractivity contribution in [3.63, 3.8) is 0 Å². The number of rotatable bonds is 6. The van der Waals surface area contributed by atoms with E-state index in [1.165, 1.54) is 12.1 Å². The van der Waals surface area contributed by atoms with Crippen LogP contribution in [0.15, 0.2) is 47.0 Å². The van der Waals surface area contributed by atoms with Crippen molar-refractivity contribution in [1.29, 1.82) is 0 Å². The second-order valence-corrected chi connectivity index (χ2v) is 9.57. The fourth-order valence-corrected chi connectivity index (χ4v) is 4.91. The van der Waals surface area contributed by atoms with E-state index < -0.39 is 23.9 Å². The summed E-state index contributed by atoms with van der Waals surface area (Å²) in [7, 11) is 0. The largest absolute Gasteiger partial charge is 0.481 e. The van der Waals surface area contributed by atoms with Crippen molar-refractivity contribution in [1.82, 2.24) is 15.0 Å². The molecule has 2 fully saturated rings. The first-order chi connectivity index (χ1) is 17.7. The lowest BCUT2D eigenvalue weighted by atomic mass is 10.0. The minimum Gasteiger partial charge on any atom is -0.481 e. The van der Waals surface area contributed by atoms with Gasteiger partial charge in [0.2, 0.25) is 5.82 Å². The summed E-state index contributed by atoms with van der Waals surface area (Å²) >= 11 is 0. The van der Waals surface area contributed by atoms with Crippen LogP contribution in [0.1, 0.15) is 30.4 Å². The normalized spacial score (nSPS) is 19.5. The summed E-state index contributed by atoms with van der Waals surface area (Å²) in [6, 6.07) is 11.2. The fourth-order valence-electron chi connectivity index (χ4n) is 4.91. The predicted octanol–water partition coefficient (Wildman–Crippen LogP) is 5.27. The molecule has 11 heteroatoms. The fraction of sp³-hybridized carbons (Fsp3) is 0.423. The molecule has 2 aliphatic heterocycles. The number of benzene rings is 2. The Labute approximate surface area is 210 Å². The second-order valence-electron chi connectivity index (χ2n) is 9.57. The Kier molecular flexibility index (Phi) is 6.89. The maximum absolute atomic E-state index is 13.9. The standard InChI is InChI=1S/C26H26F4N4O3/c27-20-8-11-34(12-9-20)22-6-5-18(13-21(22)26(28,29)30)23-31-24(37-32-23)17-3-1-16(2-4-17)14-33-10-7-19(15-33)25(35)36/h1-6,13,19-20H,7-12,14-15H2,(H,35,36)/t19-/m1/s1. The lowest BCUT2D eigenvalue weighted by molar-refractivity contribution is -0.141. The Morgan fingerprint density at radius 3 is 2.38 bits per heavy atom. The van der Waals surface area contributed by atoms with Gasteiger partial charge in [0.15, 0.2) is 0 Å². The van der Waals surface area contributed by atoms with Crippen molar-refractivity contribution < 1.29 is 32.0 Å². The molecule has 0 radical (unpaired) electrons. The molecular formula is C26H26F4N4O3. The third kappa shape index (κ3) is 5.61. The van der Waals surface area contributed by atoms with E-state index >= 15 is 0 Å². The summed E-state index contributed by atoms with van der Waals surface area (Å²) in [6.45, 7) is 2.30. The zero-order valence-corrected chi connectivity index (χ0v) is 19.9. The lowest BCUT2D eigenvalue weighted by Crippen LogP contribution is -2.35. The molecule has 3 heterocycles. The van der Waals surface area contributed by atoms with Crippen LogP contribution in [0, 0.1) is 5.92 Å². The number of carbonyl (C=O) groups is 1. The zero-order chi connectivity index (χ0) is 26.2. The van der Waals surface area contributed by atoms with Crippen molar-refractivity contribution in [2.24, 2.45) is 5.92 Å². The Morgan fingerprint density at radius 2 is 1.73 bits per heavy atom. The van der Waals surface area contributed by atoms with Gasteiger partial charge < -0.3 is 14.5 Å². The number of carboxylic acid groups (broad SMARTS) is 1. The minimum absolute atomic E-state index is 0.0233. The van der Waals surface area contributed by atoms with Gasteiger partial charge in [0, 0.05) is 43.0 Å². The number of likely N-dealkylation sites (tertiary alicyclic amines) is 1. The van der Waals surface area contributed by atoms with Crippen LogP contribution in [0.5, 0.6) is 0 Å². The smallest absolute Gasteiger partial charge is 0.418 e. The lowest BCUT2D eigenvalue weighted by Gasteiger charge is -2.32. The number of nitrogens with zero attached hydrogens (tertiary/aromatic N) is 4. The molecule has 7 nitrogen and oxygen atoms in total. The van der Waals surface area contributed by atoms with Gasteiger partial charge in [-0.15, -0.1) is 0 Å². The molecule has 5 rings (SSSR count). The summed E-state index contributed by atoms with van der Waals surface area (Å²) in [5.41, 5.74) is 0.996. The number of carboxylic acids is 1. The summed E-state index contributed by atoms with van der Waals surface area (Å²) in [6.07, 6.45) is -4.55. The molecule has 2 aromatic carbocycles. The molecule has 196 valence electrons. The number of hydrogen-bond acceptors (Lipinski definition) is 6. The first kappa shape index (κ1) is 25.2.